The lowest BCUT2D eigenvalue weighted by Crippen LogP contribution is -2.25. The molecule has 2 bridgehead atoms. The summed E-state index contributed by atoms with van der Waals surface area (Å²) in [7, 11) is 2.19. The number of amides is 1. The van der Waals surface area contributed by atoms with Crippen molar-refractivity contribution in [3.05, 3.63) is 82.9 Å². The molecule has 1 aliphatic heterocycles. The van der Waals surface area contributed by atoms with Gasteiger partial charge >= 0.3 is 0 Å². The maximum atomic E-state index is 13.0. The summed E-state index contributed by atoms with van der Waals surface area (Å²) < 4.78 is 8.35. The molecule has 1 aromatic heterocycles. The monoisotopic (exact) mass is 488 g/mol. The Labute approximate surface area is 215 Å². The van der Waals surface area contributed by atoms with Crippen LogP contribution in [0.1, 0.15) is 78.3 Å². The van der Waals surface area contributed by atoms with Crippen molar-refractivity contribution >= 4 is 5.91 Å². The van der Waals surface area contributed by atoms with Crippen LogP contribution in [0.5, 0.6) is 5.75 Å². The molecule has 0 saturated carbocycles. The minimum Gasteiger partial charge on any atom is -0.493 e. The van der Waals surface area contributed by atoms with Crippen LogP contribution in [0, 0.1) is 0 Å². The molecule has 1 amide bonds. The van der Waals surface area contributed by atoms with E-state index in [4.69, 9.17) is 4.74 Å². The van der Waals surface area contributed by atoms with Gasteiger partial charge in [-0.05, 0) is 74.2 Å². The van der Waals surface area contributed by atoms with Crippen molar-refractivity contribution in [3.8, 4) is 5.75 Å². The lowest BCUT2D eigenvalue weighted by atomic mass is 9.99. The average molecular weight is 489 g/mol. The molecule has 6 nitrogen and oxygen atoms in total. The Morgan fingerprint density at radius 2 is 1.97 bits per heavy atom. The number of nitrogens with zero attached hydrogens (tertiary/aromatic N) is 3. The van der Waals surface area contributed by atoms with Gasteiger partial charge in [0.05, 0.1) is 6.61 Å². The maximum Gasteiger partial charge on any atom is 0.251 e. The topological polar surface area (TPSA) is 59.4 Å². The van der Waals surface area contributed by atoms with E-state index in [1.807, 2.05) is 30.6 Å². The zero-order valence-corrected chi connectivity index (χ0v) is 22.0. The van der Waals surface area contributed by atoms with Crippen LogP contribution in [-0.2, 0) is 19.5 Å². The van der Waals surface area contributed by atoms with Crippen LogP contribution in [-0.4, -0.2) is 47.1 Å². The molecule has 1 N–H and O–H groups in total. The highest BCUT2D eigenvalue weighted by molar-refractivity contribution is 5.94. The fourth-order valence-corrected chi connectivity index (χ4v) is 4.85. The van der Waals surface area contributed by atoms with Gasteiger partial charge in [-0.1, -0.05) is 38.1 Å². The second-order valence-corrected chi connectivity index (χ2v) is 10.2. The quantitative estimate of drug-likeness (QED) is 0.471. The highest BCUT2D eigenvalue weighted by atomic mass is 16.5. The Balaban J connectivity index is 1.43. The number of nitrogens with one attached hydrogen (secondary N) is 1. The summed E-state index contributed by atoms with van der Waals surface area (Å²) in [6, 6.07) is 14.6. The molecular formula is C30H40N4O2. The van der Waals surface area contributed by atoms with E-state index in [1.54, 1.807) is 0 Å². The highest BCUT2D eigenvalue weighted by Crippen LogP contribution is 2.25. The van der Waals surface area contributed by atoms with Gasteiger partial charge in [0.15, 0.2) is 0 Å². The summed E-state index contributed by atoms with van der Waals surface area (Å²) in [6.07, 6.45) is 8.82. The first-order valence-electron chi connectivity index (χ1n) is 13.3. The minimum atomic E-state index is -0.0395. The molecule has 4 rings (SSSR count). The molecule has 3 aromatic rings. The first-order valence-corrected chi connectivity index (χ1v) is 13.3. The summed E-state index contributed by atoms with van der Waals surface area (Å²) in [5.41, 5.74) is 4.30. The number of carbonyl (C=O) groups is 1. The number of hydrogen-bond donors (Lipinski definition) is 1. The van der Waals surface area contributed by atoms with E-state index in [9.17, 15) is 4.79 Å². The van der Waals surface area contributed by atoms with Crippen LogP contribution < -0.4 is 10.1 Å². The molecule has 192 valence electrons. The summed E-state index contributed by atoms with van der Waals surface area (Å²) in [6.45, 7) is 8.52. The van der Waals surface area contributed by atoms with Crippen LogP contribution in [0.15, 0.2) is 54.9 Å². The van der Waals surface area contributed by atoms with E-state index >= 15 is 0 Å². The Morgan fingerprint density at radius 1 is 1.11 bits per heavy atom. The largest absolute Gasteiger partial charge is 0.493 e. The highest BCUT2D eigenvalue weighted by Gasteiger charge is 2.13. The summed E-state index contributed by atoms with van der Waals surface area (Å²) in [5.74, 6) is 2.32. The van der Waals surface area contributed by atoms with Gasteiger partial charge in [-0.2, -0.15) is 0 Å². The first kappa shape index (κ1) is 26.0. The molecule has 0 fully saturated rings. The van der Waals surface area contributed by atoms with Crippen LogP contribution >= 0.6 is 0 Å². The lowest BCUT2D eigenvalue weighted by Gasteiger charge is -2.19. The van der Waals surface area contributed by atoms with Crippen molar-refractivity contribution in [2.75, 3.05) is 26.7 Å². The Kier molecular flexibility index (Phi) is 9.17. The van der Waals surface area contributed by atoms with Gasteiger partial charge in [-0.3, -0.25) is 4.79 Å². The van der Waals surface area contributed by atoms with E-state index in [0.29, 0.717) is 24.6 Å². The van der Waals surface area contributed by atoms with E-state index in [-0.39, 0.29) is 5.91 Å². The third-order valence-corrected chi connectivity index (χ3v) is 6.73. The second kappa shape index (κ2) is 12.7. The van der Waals surface area contributed by atoms with Crippen LogP contribution in [0.25, 0.3) is 0 Å². The number of rotatable bonds is 6. The van der Waals surface area contributed by atoms with Crippen molar-refractivity contribution in [1.82, 2.24) is 19.8 Å². The average Bonchev–Trinajstić information content (AvgIpc) is 3.33. The summed E-state index contributed by atoms with van der Waals surface area (Å²) in [4.78, 5) is 19.8. The molecule has 36 heavy (non-hydrogen) atoms. The molecule has 2 aromatic carbocycles. The zero-order valence-electron chi connectivity index (χ0n) is 22.0. The van der Waals surface area contributed by atoms with Crippen LogP contribution in [0.2, 0.25) is 0 Å². The molecule has 2 heterocycles. The maximum absolute atomic E-state index is 13.0. The molecule has 0 unspecified atom stereocenters. The van der Waals surface area contributed by atoms with Gasteiger partial charge < -0.3 is 19.5 Å². The Morgan fingerprint density at radius 3 is 2.83 bits per heavy atom. The molecule has 6 heteroatoms. The SMILES string of the molecule is CC(C)c1nccn1CCCNC(=O)c1ccc2c(c1)Cc1cccc(c1)CN(C)CCCCCO2. The van der Waals surface area contributed by atoms with Gasteiger partial charge in [0.25, 0.3) is 5.91 Å². The van der Waals surface area contributed by atoms with Gasteiger partial charge in [0.1, 0.15) is 11.6 Å². The third-order valence-electron chi connectivity index (χ3n) is 6.73. The number of carbonyl (C=O) groups excluding carboxylic acids is 1. The van der Waals surface area contributed by atoms with Gasteiger partial charge in [0, 0.05) is 49.9 Å². The molecular weight excluding hydrogens is 448 g/mol. The number of ether oxygens (including phenoxy) is 1. The minimum absolute atomic E-state index is 0.0395. The smallest absolute Gasteiger partial charge is 0.251 e. The third kappa shape index (κ3) is 7.20. The van der Waals surface area contributed by atoms with Crippen molar-refractivity contribution in [2.24, 2.45) is 0 Å². The molecule has 0 atom stereocenters. The molecule has 0 spiro atoms. The first-order chi connectivity index (χ1) is 17.5. The number of aromatic nitrogens is 2. The zero-order chi connectivity index (χ0) is 25.3. The van der Waals surface area contributed by atoms with E-state index in [1.165, 1.54) is 17.5 Å². The van der Waals surface area contributed by atoms with Crippen LogP contribution in [0.3, 0.4) is 0 Å². The summed E-state index contributed by atoms with van der Waals surface area (Å²) in [5, 5.41) is 3.09. The second-order valence-electron chi connectivity index (χ2n) is 10.2. The van der Waals surface area contributed by atoms with Crippen molar-refractivity contribution in [3.63, 3.8) is 0 Å². The van der Waals surface area contributed by atoms with E-state index in [0.717, 1.165) is 62.5 Å². The van der Waals surface area contributed by atoms with Crippen molar-refractivity contribution in [1.29, 1.82) is 0 Å². The van der Waals surface area contributed by atoms with Gasteiger partial charge in [0.2, 0.25) is 0 Å². The van der Waals surface area contributed by atoms with Gasteiger partial charge in [-0.25, -0.2) is 4.98 Å². The van der Waals surface area contributed by atoms with E-state index in [2.05, 4.69) is 64.9 Å². The van der Waals surface area contributed by atoms with Crippen molar-refractivity contribution < 1.29 is 9.53 Å². The predicted octanol–water partition coefficient (Wildman–Crippen LogP) is 5.41. The fourth-order valence-electron chi connectivity index (χ4n) is 4.85. The summed E-state index contributed by atoms with van der Waals surface area (Å²) >= 11 is 0. The normalized spacial score (nSPS) is 15.1. The number of aryl methyl sites for hydroxylation is 1. The number of fused-ring (bicyclic) bond motifs is 3. The Bertz CT molecular complexity index is 1140. The van der Waals surface area contributed by atoms with Crippen molar-refractivity contribution in [2.45, 2.75) is 65.0 Å². The molecule has 0 radical (unpaired) electrons. The van der Waals surface area contributed by atoms with E-state index < -0.39 is 0 Å². The lowest BCUT2D eigenvalue weighted by molar-refractivity contribution is 0.0952. The molecule has 0 aliphatic carbocycles. The fraction of sp³-hybridized carbons (Fsp3) is 0.467. The molecule has 1 aliphatic rings. The Hall–Kier alpha value is -3.12. The number of imidazole rings is 1. The number of hydrogen-bond acceptors (Lipinski definition) is 4. The van der Waals surface area contributed by atoms with Crippen LogP contribution in [0.4, 0.5) is 0 Å². The number of benzene rings is 2. The molecule has 0 saturated heterocycles. The predicted molar refractivity (Wildman–Crippen MR) is 145 cm³/mol. The standard InChI is InChI=1S/C30H40N4O2/c1-23(2)29-31-14-17-34(29)16-8-13-32-30(35)26-11-12-28-27(21-26)20-24-9-7-10-25(19-24)22-33(3)15-5-4-6-18-36-28/h7,9-12,14,17,19,21,23H,4-6,8,13,15-16,18,20,22H2,1-3H3,(H,32,35). The van der Waals surface area contributed by atoms with Gasteiger partial charge in [-0.15, -0.1) is 0 Å².